The topological polar surface area (TPSA) is 182 Å². The van der Waals surface area contributed by atoms with Crippen LogP contribution in [-0.2, 0) is 35.6 Å². The molecule has 0 spiro atoms. The molecule has 3 N–H and O–H groups in total. The Labute approximate surface area is 334 Å². The molecular formula is C42H55N5O9S. The highest BCUT2D eigenvalue weighted by molar-refractivity contribution is 7.91. The zero-order valence-corrected chi connectivity index (χ0v) is 34.1. The first-order valence-electron chi connectivity index (χ1n) is 20.2. The molecule has 308 valence electrons. The fourth-order valence-corrected chi connectivity index (χ4v) is 9.99. The number of aromatic nitrogens is 1. The van der Waals surface area contributed by atoms with E-state index in [9.17, 15) is 27.6 Å². The molecule has 2 saturated carbocycles. The molecule has 15 heteroatoms. The number of methoxy groups -OCH3 is 1. The van der Waals surface area contributed by atoms with E-state index < -0.39 is 74.1 Å². The summed E-state index contributed by atoms with van der Waals surface area (Å²) >= 11 is 0. The van der Waals surface area contributed by atoms with Gasteiger partial charge in [0.1, 0.15) is 41.3 Å². The van der Waals surface area contributed by atoms with Crippen molar-refractivity contribution >= 4 is 44.7 Å². The third-order valence-electron chi connectivity index (χ3n) is 12.2. The van der Waals surface area contributed by atoms with Crippen molar-refractivity contribution in [3.8, 4) is 11.5 Å². The predicted molar refractivity (Wildman–Crippen MR) is 213 cm³/mol. The van der Waals surface area contributed by atoms with Gasteiger partial charge < -0.3 is 29.7 Å². The number of hydrogen-bond acceptors (Lipinski definition) is 10. The Balaban J connectivity index is 1.24. The van der Waals surface area contributed by atoms with E-state index in [-0.39, 0.29) is 25.0 Å². The van der Waals surface area contributed by atoms with E-state index in [1.54, 1.807) is 13.2 Å². The third kappa shape index (κ3) is 8.49. The van der Waals surface area contributed by atoms with Crippen LogP contribution < -0.4 is 24.8 Å². The molecule has 3 aliphatic carbocycles. The van der Waals surface area contributed by atoms with Crippen LogP contribution >= 0.6 is 0 Å². The van der Waals surface area contributed by atoms with Gasteiger partial charge >= 0.3 is 6.09 Å². The van der Waals surface area contributed by atoms with Gasteiger partial charge in [-0.05, 0) is 87.0 Å². The Bertz CT molecular complexity index is 2060. The molecule has 1 saturated heterocycles. The van der Waals surface area contributed by atoms with Crippen LogP contribution in [0, 0.1) is 17.3 Å². The SMILES string of the molecule is C=CC1C=CC1(NC(=O)C1CC2CN1C(=O)C(C(C)(C)C)NC(=O)OC1CCCC1CCCCCc1nc3ccc(OC)cc3cc1O2)C(=O)NS(=O)(=O)C1CC1. The van der Waals surface area contributed by atoms with Crippen molar-refractivity contribution in [3.05, 3.63) is 54.8 Å². The zero-order valence-electron chi connectivity index (χ0n) is 33.3. The fourth-order valence-electron chi connectivity index (χ4n) is 8.64. The van der Waals surface area contributed by atoms with Crippen molar-refractivity contribution in [2.45, 2.75) is 126 Å². The first-order chi connectivity index (χ1) is 27.1. The minimum atomic E-state index is -3.95. The Morgan fingerprint density at radius 2 is 1.82 bits per heavy atom. The van der Waals surface area contributed by atoms with E-state index in [0.717, 1.165) is 61.5 Å². The van der Waals surface area contributed by atoms with Crippen LogP contribution in [0.2, 0.25) is 0 Å². The van der Waals surface area contributed by atoms with Crippen molar-refractivity contribution in [1.29, 1.82) is 0 Å². The summed E-state index contributed by atoms with van der Waals surface area (Å²) in [5, 5.41) is 5.82. The molecule has 7 unspecified atom stereocenters. The summed E-state index contributed by atoms with van der Waals surface area (Å²) < 4.78 is 46.1. The van der Waals surface area contributed by atoms with Crippen LogP contribution in [0.25, 0.3) is 10.9 Å². The Hall–Kier alpha value is -4.66. The highest BCUT2D eigenvalue weighted by Crippen LogP contribution is 2.37. The molecule has 7 atom stereocenters. The molecule has 4 amide bonds. The van der Waals surface area contributed by atoms with Crippen LogP contribution in [0.3, 0.4) is 0 Å². The van der Waals surface area contributed by atoms with Gasteiger partial charge in [-0.2, -0.15) is 0 Å². The van der Waals surface area contributed by atoms with Crippen molar-refractivity contribution in [2.75, 3.05) is 13.7 Å². The average molecular weight is 806 g/mol. The van der Waals surface area contributed by atoms with E-state index in [1.807, 2.05) is 45.0 Å². The number of fused-ring (bicyclic) bond motifs is 5. The number of nitrogens with zero attached hydrogens (tertiary/aromatic N) is 2. The van der Waals surface area contributed by atoms with Crippen LogP contribution in [-0.4, -0.2) is 90.9 Å². The molecule has 2 bridgehead atoms. The average Bonchev–Trinajstić information content (AvgIpc) is 3.81. The number of alkyl carbamates (subject to hydrolysis) is 1. The number of amides is 4. The van der Waals surface area contributed by atoms with Gasteiger partial charge in [-0.1, -0.05) is 51.8 Å². The lowest BCUT2D eigenvalue weighted by Gasteiger charge is -2.42. The van der Waals surface area contributed by atoms with E-state index in [1.165, 1.54) is 17.1 Å². The number of ether oxygens (including phenoxy) is 3. The van der Waals surface area contributed by atoms with Crippen LogP contribution in [0.5, 0.6) is 11.5 Å². The molecule has 7 rings (SSSR count). The Morgan fingerprint density at radius 1 is 1.05 bits per heavy atom. The summed E-state index contributed by atoms with van der Waals surface area (Å²) in [6, 6.07) is 5.32. The molecule has 3 heterocycles. The maximum atomic E-state index is 14.8. The van der Waals surface area contributed by atoms with Gasteiger partial charge in [0, 0.05) is 17.7 Å². The van der Waals surface area contributed by atoms with Gasteiger partial charge in [-0.3, -0.25) is 19.1 Å². The summed E-state index contributed by atoms with van der Waals surface area (Å²) in [6.45, 7) is 9.28. The summed E-state index contributed by atoms with van der Waals surface area (Å²) in [7, 11) is -2.35. The van der Waals surface area contributed by atoms with Crippen molar-refractivity contribution < 1.29 is 41.8 Å². The van der Waals surface area contributed by atoms with Crippen LogP contribution in [0.1, 0.15) is 90.7 Å². The monoisotopic (exact) mass is 805 g/mol. The molecule has 3 fully saturated rings. The molecule has 5 aliphatic rings. The molecule has 1 aromatic carbocycles. The van der Waals surface area contributed by atoms with Gasteiger partial charge in [-0.25, -0.2) is 18.2 Å². The normalized spacial score (nSPS) is 29.6. The number of benzene rings is 1. The standard InChI is InChI=1S/C42H55N5O9S/c1-6-27-19-20-42(27,39(50)46-57(52,53)30-16-17-30)45-37(48)33-23-29-24-47(33)38(49)36(41(2,3)4)44-40(51)56-34-14-10-12-25(34)11-8-7-9-13-32-35(55-29)22-26-21-28(54-5)15-18-31(26)43-32/h6,15,18-22,25,27,29-30,33-34,36H,1,7-14,16-17,23-24H2,2-5H3,(H,44,51)(H,45,48)(H,46,50). The number of sulfonamides is 1. The van der Waals surface area contributed by atoms with Crippen molar-refractivity contribution in [1.82, 2.24) is 25.2 Å². The molecule has 0 radical (unpaired) electrons. The second kappa shape index (κ2) is 15.9. The highest BCUT2D eigenvalue weighted by Gasteiger charge is 2.53. The number of aryl methyl sites for hydroxylation is 1. The lowest BCUT2D eigenvalue weighted by Crippen LogP contribution is -2.67. The lowest BCUT2D eigenvalue weighted by molar-refractivity contribution is -0.143. The van der Waals surface area contributed by atoms with Crippen molar-refractivity contribution in [2.24, 2.45) is 17.3 Å². The van der Waals surface area contributed by atoms with Crippen molar-refractivity contribution in [3.63, 3.8) is 0 Å². The quantitative estimate of drug-likeness (QED) is 0.327. The number of hydrogen-bond donors (Lipinski definition) is 3. The Morgan fingerprint density at radius 3 is 2.51 bits per heavy atom. The molecule has 2 aromatic rings. The lowest BCUT2D eigenvalue weighted by atomic mass is 9.73. The third-order valence-corrected chi connectivity index (χ3v) is 14.0. The maximum Gasteiger partial charge on any atom is 0.408 e. The number of carbonyl (C=O) groups is 4. The maximum absolute atomic E-state index is 14.8. The van der Waals surface area contributed by atoms with Gasteiger partial charge in [0.25, 0.3) is 5.91 Å². The number of pyridine rings is 1. The predicted octanol–water partition coefficient (Wildman–Crippen LogP) is 4.85. The molecular weight excluding hydrogens is 751 g/mol. The molecule has 2 aliphatic heterocycles. The summed E-state index contributed by atoms with van der Waals surface area (Å²) in [4.78, 5) is 63.1. The second-order valence-electron chi connectivity index (χ2n) is 17.3. The van der Waals surface area contributed by atoms with Gasteiger partial charge in [0.05, 0.1) is 30.1 Å². The fraction of sp³-hybridized carbons (Fsp3) is 0.595. The minimum Gasteiger partial charge on any atom is -0.497 e. The second-order valence-corrected chi connectivity index (χ2v) is 19.3. The number of nitrogens with one attached hydrogen (secondary N) is 3. The van der Waals surface area contributed by atoms with Gasteiger partial charge in [-0.15, -0.1) is 6.58 Å². The molecule has 57 heavy (non-hydrogen) atoms. The minimum absolute atomic E-state index is 0.0174. The van der Waals surface area contributed by atoms with E-state index in [2.05, 4.69) is 21.9 Å². The van der Waals surface area contributed by atoms with E-state index in [0.29, 0.717) is 30.8 Å². The summed E-state index contributed by atoms with van der Waals surface area (Å²) in [6.07, 6.45) is 10.9. The molecule has 14 nitrogen and oxygen atoms in total. The largest absolute Gasteiger partial charge is 0.497 e. The first-order valence-corrected chi connectivity index (χ1v) is 21.8. The first kappa shape index (κ1) is 40.5. The van der Waals surface area contributed by atoms with Gasteiger partial charge in [0.2, 0.25) is 21.8 Å². The van der Waals surface area contributed by atoms with E-state index in [4.69, 9.17) is 19.2 Å². The highest BCUT2D eigenvalue weighted by atomic mass is 32.2. The summed E-state index contributed by atoms with van der Waals surface area (Å²) in [5.41, 5.74) is -1.00. The van der Waals surface area contributed by atoms with Crippen LogP contribution in [0.4, 0.5) is 4.79 Å². The summed E-state index contributed by atoms with van der Waals surface area (Å²) in [5.74, 6) is -1.39. The van der Waals surface area contributed by atoms with E-state index >= 15 is 0 Å². The number of rotatable bonds is 7. The smallest absolute Gasteiger partial charge is 0.408 e. The van der Waals surface area contributed by atoms with Crippen LogP contribution in [0.15, 0.2) is 49.1 Å². The molecule has 1 aromatic heterocycles. The zero-order chi connectivity index (χ0) is 40.7. The Kier molecular flexibility index (Phi) is 11.3. The van der Waals surface area contributed by atoms with Gasteiger partial charge in [0.15, 0.2) is 0 Å². The number of carbonyl (C=O) groups excluding carboxylic acids is 4.